The lowest BCUT2D eigenvalue weighted by Gasteiger charge is -2.13. The summed E-state index contributed by atoms with van der Waals surface area (Å²) >= 11 is 0. The summed E-state index contributed by atoms with van der Waals surface area (Å²) in [7, 11) is -2.49. The Morgan fingerprint density at radius 2 is 1.74 bits per heavy atom. The first-order chi connectivity index (χ1) is 10.7. The van der Waals surface area contributed by atoms with E-state index < -0.39 is 14.9 Å². The van der Waals surface area contributed by atoms with Crippen molar-refractivity contribution in [3.05, 3.63) is 57.6 Å². The van der Waals surface area contributed by atoms with E-state index in [1.807, 2.05) is 6.92 Å². The average Bonchev–Trinajstić information content (AvgIpc) is 2.47. The van der Waals surface area contributed by atoms with E-state index in [9.17, 15) is 18.5 Å². The van der Waals surface area contributed by atoms with Gasteiger partial charge in [-0.1, -0.05) is 17.7 Å². The molecule has 1 N–H and O–H groups in total. The Morgan fingerprint density at radius 3 is 2.26 bits per heavy atom. The van der Waals surface area contributed by atoms with Gasteiger partial charge in [-0.25, -0.2) is 8.42 Å². The topological polar surface area (TPSA) is 98.5 Å². The first-order valence-corrected chi connectivity index (χ1v) is 8.15. The molecule has 0 spiro atoms. The van der Waals surface area contributed by atoms with Crippen LogP contribution in [0.15, 0.2) is 41.3 Å². The quantitative estimate of drug-likeness (QED) is 0.668. The minimum atomic E-state index is -3.81. The van der Waals surface area contributed by atoms with Gasteiger partial charge in [-0.15, -0.1) is 0 Å². The molecule has 2 rings (SSSR count). The number of ether oxygens (including phenoxy) is 1. The summed E-state index contributed by atoms with van der Waals surface area (Å²) in [5.41, 5.74) is 1.28. The highest BCUT2D eigenvalue weighted by atomic mass is 32.2. The lowest BCUT2D eigenvalue weighted by molar-refractivity contribution is -0.385. The van der Waals surface area contributed by atoms with Crippen LogP contribution in [-0.2, 0) is 10.0 Å². The van der Waals surface area contributed by atoms with E-state index in [0.29, 0.717) is 5.56 Å². The number of benzene rings is 2. The monoisotopic (exact) mass is 336 g/mol. The van der Waals surface area contributed by atoms with Gasteiger partial charge < -0.3 is 4.74 Å². The lowest BCUT2D eigenvalue weighted by Crippen LogP contribution is -2.14. The average molecular weight is 336 g/mol. The Balaban J connectivity index is 2.44. The van der Waals surface area contributed by atoms with Gasteiger partial charge in [0.15, 0.2) is 0 Å². The summed E-state index contributed by atoms with van der Waals surface area (Å²) in [5.74, 6) is 0.0815. The molecule has 23 heavy (non-hydrogen) atoms. The van der Waals surface area contributed by atoms with Crippen LogP contribution in [0, 0.1) is 24.0 Å². The third kappa shape index (κ3) is 3.59. The minimum Gasteiger partial charge on any atom is -0.494 e. The highest BCUT2D eigenvalue weighted by Crippen LogP contribution is 2.33. The van der Waals surface area contributed by atoms with Crippen LogP contribution in [0.1, 0.15) is 11.1 Å². The maximum atomic E-state index is 12.4. The molecule has 0 saturated heterocycles. The smallest absolute Gasteiger partial charge is 0.276 e. The number of nitro groups is 1. The molecule has 0 saturated carbocycles. The second kappa shape index (κ2) is 6.25. The van der Waals surface area contributed by atoms with Crippen molar-refractivity contribution in [2.24, 2.45) is 0 Å². The van der Waals surface area contributed by atoms with Crippen LogP contribution in [0.2, 0.25) is 0 Å². The van der Waals surface area contributed by atoms with Crippen LogP contribution in [0.4, 0.5) is 11.4 Å². The summed E-state index contributed by atoms with van der Waals surface area (Å²) < 4.78 is 32.3. The Morgan fingerprint density at radius 1 is 1.13 bits per heavy atom. The predicted octanol–water partition coefficient (Wildman–Crippen LogP) is 3.02. The number of rotatable bonds is 5. The number of nitro benzene ring substituents is 1. The third-order valence-corrected chi connectivity index (χ3v) is 4.67. The van der Waals surface area contributed by atoms with Crippen molar-refractivity contribution in [2.75, 3.05) is 11.8 Å². The molecule has 0 aliphatic carbocycles. The molecule has 2 aromatic carbocycles. The van der Waals surface area contributed by atoms with Gasteiger partial charge in [0.25, 0.3) is 15.7 Å². The van der Waals surface area contributed by atoms with Crippen LogP contribution in [0.25, 0.3) is 0 Å². The summed E-state index contributed by atoms with van der Waals surface area (Å²) in [6.07, 6.45) is 0. The largest absolute Gasteiger partial charge is 0.494 e. The van der Waals surface area contributed by atoms with Crippen molar-refractivity contribution < 1.29 is 18.1 Å². The van der Waals surface area contributed by atoms with Gasteiger partial charge >= 0.3 is 0 Å². The molecular formula is C15H16N2O5S. The Bertz CT molecular complexity index is 845. The summed E-state index contributed by atoms with van der Waals surface area (Å²) in [6, 6.07) is 8.93. The SMILES string of the molecule is COc1cc([N+](=O)[O-])c(C)cc1NS(=O)(=O)c1ccc(C)cc1. The van der Waals surface area contributed by atoms with Crippen molar-refractivity contribution in [3.63, 3.8) is 0 Å². The van der Waals surface area contributed by atoms with E-state index in [1.165, 1.54) is 38.3 Å². The Kier molecular flexibility index (Phi) is 4.55. The van der Waals surface area contributed by atoms with Crippen molar-refractivity contribution in [3.8, 4) is 5.75 Å². The first-order valence-electron chi connectivity index (χ1n) is 6.67. The number of hydrogen-bond donors (Lipinski definition) is 1. The number of nitrogens with one attached hydrogen (secondary N) is 1. The maximum Gasteiger partial charge on any atom is 0.276 e. The highest BCUT2D eigenvalue weighted by Gasteiger charge is 2.20. The van der Waals surface area contributed by atoms with Crippen LogP contribution < -0.4 is 9.46 Å². The molecule has 0 aliphatic rings. The number of nitrogens with zero attached hydrogens (tertiary/aromatic N) is 1. The van der Waals surface area contributed by atoms with Crippen molar-refractivity contribution >= 4 is 21.4 Å². The predicted molar refractivity (Wildman–Crippen MR) is 86.4 cm³/mol. The zero-order valence-electron chi connectivity index (χ0n) is 12.9. The summed E-state index contributed by atoms with van der Waals surface area (Å²) in [6.45, 7) is 3.38. The molecular weight excluding hydrogens is 320 g/mol. The van der Waals surface area contributed by atoms with Gasteiger partial charge in [0.1, 0.15) is 5.75 Å². The third-order valence-electron chi connectivity index (χ3n) is 3.29. The molecule has 0 fully saturated rings. The number of sulfonamides is 1. The molecule has 0 aromatic heterocycles. The number of anilines is 1. The van der Waals surface area contributed by atoms with Crippen molar-refractivity contribution in [1.29, 1.82) is 0 Å². The van der Waals surface area contributed by atoms with E-state index in [-0.39, 0.29) is 22.0 Å². The van der Waals surface area contributed by atoms with Crippen molar-refractivity contribution in [2.45, 2.75) is 18.7 Å². The van der Waals surface area contributed by atoms with E-state index >= 15 is 0 Å². The fourth-order valence-corrected chi connectivity index (χ4v) is 3.11. The number of aryl methyl sites for hydroxylation is 2. The second-order valence-electron chi connectivity index (χ2n) is 5.01. The first kappa shape index (κ1) is 16.8. The Hall–Kier alpha value is -2.61. The summed E-state index contributed by atoms with van der Waals surface area (Å²) in [4.78, 5) is 10.5. The van der Waals surface area contributed by atoms with Crippen LogP contribution in [0.5, 0.6) is 5.75 Å². The molecule has 0 radical (unpaired) electrons. The summed E-state index contributed by atoms with van der Waals surface area (Å²) in [5, 5.41) is 11.0. The molecule has 0 unspecified atom stereocenters. The number of methoxy groups -OCH3 is 1. The molecule has 0 atom stereocenters. The maximum absolute atomic E-state index is 12.4. The fourth-order valence-electron chi connectivity index (χ4n) is 2.04. The van der Waals surface area contributed by atoms with E-state index in [4.69, 9.17) is 4.74 Å². The standard InChI is InChI=1S/C15H16N2O5S/c1-10-4-6-12(7-5-10)23(20,21)16-13-8-11(2)14(17(18)19)9-15(13)22-3/h4-9,16H,1-3H3. The van der Waals surface area contributed by atoms with Gasteiger partial charge in [0, 0.05) is 5.56 Å². The Labute approximate surface area is 134 Å². The van der Waals surface area contributed by atoms with Crippen LogP contribution in [0.3, 0.4) is 0 Å². The fraction of sp³-hybridized carbons (Fsp3) is 0.200. The molecule has 8 heteroatoms. The lowest BCUT2D eigenvalue weighted by atomic mass is 10.1. The van der Waals surface area contributed by atoms with Gasteiger partial charge in [0.05, 0.1) is 28.7 Å². The van der Waals surface area contributed by atoms with Gasteiger partial charge in [-0.05, 0) is 32.0 Å². The molecule has 7 nitrogen and oxygen atoms in total. The van der Waals surface area contributed by atoms with Gasteiger partial charge in [-0.3, -0.25) is 14.8 Å². The van der Waals surface area contributed by atoms with Crippen LogP contribution in [-0.4, -0.2) is 20.5 Å². The molecule has 0 amide bonds. The van der Waals surface area contributed by atoms with E-state index in [1.54, 1.807) is 12.1 Å². The molecule has 0 bridgehead atoms. The van der Waals surface area contributed by atoms with Gasteiger partial charge in [-0.2, -0.15) is 0 Å². The van der Waals surface area contributed by atoms with E-state index in [2.05, 4.69) is 4.72 Å². The zero-order valence-corrected chi connectivity index (χ0v) is 13.7. The van der Waals surface area contributed by atoms with Crippen molar-refractivity contribution in [1.82, 2.24) is 0 Å². The van der Waals surface area contributed by atoms with Crippen LogP contribution >= 0.6 is 0 Å². The zero-order chi connectivity index (χ0) is 17.2. The second-order valence-corrected chi connectivity index (χ2v) is 6.70. The highest BCUT2D eigenvalue weighted by molar-refractivity contribution is 7.92. The molecule has 0 aliphatic heterocycles. The molecule has 0 heterocycles. The molecule has 122 valence electrons. The molecule has 2 aromatic rings. The minimum absolute atomic E-state index is 0.0815. The van der Waals surface area contributed by atoms with Gasteiger partial charge in [0.2, 0.25) is 0 Å². The van der Waals surface area contributed by atoms with E-state index in [0.717, 1.165) is 5.56 Å². The number of hydrogen-bond acceptors (Lipinski definition) is 5. The normalized spacial score (nSPS) is 11.1.